The minimum atomic E-state index is -0.326. The van der Waals surface area contributed by atoms with Gasteiger partial charge >= 0.3 is 0 Å². The maximum Gasteiger partial charge on any atom is 0.262 e. The highest BCUT2D eigenvalue weighted by molar-refractivity contribution is 6.02. The summed E-state index contributed by atoms with van der Waals surface area (Å²) in [5, 5.41) is 5.36. The van der Waals surface area contributed by atoms with Crippen molar-refractivity contribution in [1.82, 2.24) is 0 Å². The zero-order valence-corrected chi connectivity index (χ0v) is 12.0. The summed E-state index contributed by atoms with van der Waals surface area (Å²) in [5.74, 6) is -0.358. The first kappa shape index (κ1) is 14.8. The van der Waals surface area contributed by atoms with E-state index >= 15 is 0 Å². The normalized spacial score (nSPS) is 13.2. The van der Waals surface area contributed by atoms with Crippen LogP contribution in [0.15, 0.2) is 48.5 Å². The average molecular weight is 312 g/mol. The summed E-state index contributed by atoms with van der Waals surface area (Å²) in [6.07, 6.45) is 2.94. The third kappa shape index (κ3) is 3.74. The number of carbonyl (C=O) groups excluding carboxylic acids is 2. The molecular weight excluding hydrogens is 299 g/mol. The van der Waals surface area contributed by atoms with Crippen molar-refractivity contribution in [1.29, 1.82) is 0 Å². The molecule has 1 aliphatic heterocycles. The molecular formula is C17H13FN2O3. The van der Waals surface area contributed by atoms with E-state index < -0.39 is 0 Å². The second-order valence-corrected chi connectivity index (χ2v) is 4.92. The van der Waals surface area contributed by atoms with Crippen molar-refractivity contribution in [2.45, 2.75) is 0 Å². The summed E-state index contributed by atoms with van der Waals surface area (Å²) in [6.45, 7) is -0.0468. The summed E-state index contributed by atoms with van der Waals surface area (Å²) >= 11 is 0. The number of rotatable bonds is 3. The second-order valence-electron chi connectivity index (χ2n) is 4.92. The van der Waals surface area contributed by atoms with E-state index in [0.29, 0.717) is 17.1 Å². The lowest BCUT2D eigenvalue weighted by atomic mass is 10.2. The van der Waals surface area contributed by atoms with Crippen LogP contribution in [0.4, 0.5) is 15.8 Å². The Balaban J connectivity index is 1.66. The fourth-order valence-corrected chi connectivity index (χ4v) is 2.08. The van der Waals surface area contributed by atoms with Gasteiger partial charge in [-0.25, -0.2) is 4.39 Å². The standard InChI is InChI=1S/C17H13FN2O3/c18-12-4-1-11(2-5-12)3-8-16(21)19-13-6-7-14-15(9-13)23-10-17(22)20-14/h1-9H,10H2,(H,19,21)(H,20,22)/b8-3+. The van der Waals surface area contributed by atoms with Gasteiger partial charge in [-0.05, 0) is 35.9 Å². The maximum atomic E-state index is 12.8. The van der Waals surface area contributed by atoms with Crippen molar-refractivity contribution in [3.63, 3.8) is 0 Å². The summed E-state index contributed by atoms with van der Waals surface area (Å²) in [4.78, 5) is 23.1. The van der Waals surface area contributed by atoms with Gasteiger partial charge in [0.1, 0.15) is 11.6 Å². The van der Waals surface area contributed by atoms with Crippen LogP contribution in [0.5, 0.6) is 5.75 Å². The Hall–Kier alpha value is -3.15. The number of ether oxygens (including phenoxy) is 1. The molecule has 2 N–H and O–H groups in total. The molecule has 0 aliphatic carbocycles. The van der Waals surface area contributed by atoms with E-state index in [1.807, 2.05) is 0 Å². The lowest BCUT2D eigenvalue weighted by Gasteiger charge is -2.18. The zero-order valence-electron chi connectivity index (χ0n) is 12.0. The van der Waals surface area contributed by atoms with E-state index in [-0.39, 0.29) is 24.2 Å². The van der Waals surface area contributed by atoms with Crippen LogP contribution in [-0.4, -0.2) is 18.4 Å². The molecule has 3 rings (SSSR count). The molecule has 0 spiro atoms. The van der Waals surface area contributed by atoms with Crippen LogP contribution in [0, 0.1) is 5.82 Å². The quantitative estimate of drug-likeness (QED) is 0.856. The van der Waals surface area contributed by atoms with E-state index in [4.69, 9.17) is 4.74 Å². The molecule has 0 unspecified atom stereocenters. The molecule has 1 heterocycles. The number of hydrogen-bond donors (Lipinski definition) is 2. The Morgan fingerprint density at radius 1 is 1.22 bits per heavy atom. The van der Waals surface area contributed by atoms with Crippen molar-refractivity contribution in [2.75, 3.05) is 17.2 Å². The van der Waals surface area contributed by atoms with Crippen LogP contribution in [0.2, 0.25) is 0 Å². The predicted octanol–water partition coefficient (Wildman–Crippen LogP) is 2.81. The summed E-state index contributed by atoms with van der Waals surface area (Å²) in [7, 11) is 0. The van der Waals surface area contributed by atoms with E-state index in [0.717, 1.165) is 5.56 Å². The van der Waals surface area contributed by atoms with Gasteiger partial charge in [-0.1, -0.05) is 12.1 Å². The third-order valence-electron chi connectivity index (χ3n) is 3.18. The first-order valence-electron chi connectivity index (χ1n) is 6.91. The smallest absolute Gasteiger partial charge is 0.262 e. The van der Waals surface area contributed by atoms with Crippen molar-refractivity contribution < 1.29 is 18.7 Å². The molecule has 2 amide bonds. The van der Waals surface area contributed by atoms with Gasteiger partial charge < -0.3 is 15.4 Å². The van der Waals surface area contributed by atoms with E-state index in [1.54, 1.807) is 36.4 Å². The molecule has 0 saturated carbocycles. The Kier molecular flexibility index (Phi) is 4.05. The number of benzene rings is 2. The van der Waals surface area contributed by atoms with Crippen LogP contribution >= 0.6 is 0 Å². The number of amides is 2. The molecule has 0 fully saturated rings. The van der Waals surface area contributed by atoms with Gasteiger partial charge in [0, 0.05) is 17.8 Å². The SMILES string of the molecule is O=C(/C=C/c1ccc(F)cc1)Nc1ccc2c(c1)OCC(=O)N2. The molecule has 23 heavy (non-hydrogen) atoms. The molecule has 2 aromatic rings. The topological polar surface area (TPSA) is 67.4 Å². The second kappa shape index (κ2) is 6.31. The molecule has 0 saturated heterocycles. The monoisotopic (exact) mass is 312 g/mol. The first-order chi connectivity index (χ1) is 11.1. The molecule has 116 valence electrons. The summed E-state index contributed by atoms with van der Waals surface area (Å²) in [5.41, 5.74) is 1.84. The predicted molar refractivity (Wildman–Crippen MR) is 84.6 cm³/mol. The summed E-state index contributed by atoms with van der Waals surface area (Å²) in [6, 6.07) is 10.8. The van der Waals surface area contributed by atoms with Crippen LogP contribution in [0.25, 0.3) is 6.08 Å². The highest BCUT2D eigenvalue weighted by atomic mass is 19.1. The first-order valence-corrected chi connectivity index (χ1v) is 6.91. The lowest BCUT2D eigenvalue weighted by molar-refractivity contribution is -0.118. The van der Waals surface area contributed by atoms with Gasteiger partial charge in [0.05, 0.1) is 5.69 Å². The van der Waals surface area contributed by atoms with Gasteiger partial charge in [0.25, 0.3) is 5.91 Å². The average Bonchev–Trinajstić information content (AvgIpc) is 2.54. The number of carbonyl (C=O) groups is 2. The molecule has 0 atom stereocenters. The minimum Gasteiger partial charge on any atom is -0.482 e. The highest BCUT2D eigenvalue weighted by Crippen LogP contribution is 2.30. The van der Waals surface area contributed by atoms with Gasteiger partial charge in [-0.15, -0.1) is 0 Å². The number of nitrogens with one attached hydrogen (secondary N) is 2. The highest BCUT2D eigenvalue weighted by Gasteiger charge is 2.16. The minimum absolute atomic E-state index is 0.0468. The Morgan fingerprint density at radius 3 is 2.78 bits per heavy atom. The van der Waals surface area contributed by atoms with Crippen molar-refractivity contribution in [3.8, 4) is 5.75 Å². The van der Waals surface area contributed by atoms with Crippen molar-refractivity contribution in [3.05, 3.63) is 59.9 Å². The Bertz CT molecular complexity index is 785. The molecule has 0 bridgehead atoms. The van der Waals surface area contributed by atoms with Gasteiger partial charge in [0.15, 0.2) is 6.61 Å². The number of hydrogen-bond acceptors (Lipinski definition) is 3. The maximum absolute atomic E-state index is 12.8. The van der Waals surface area contributed by atoms with Crippen molar-refractivity contribution in [2.24, 2.45) is 0 Å². The van der Waals surface area contributed by atoms with E-state index in [9.17, 15) is 14.0 Å². The Labute approximate surface area is 131 Å². The number of anilines is 2. The van der Waals surface area contributed by atoms with Gasteiger partial charge in [-0.3, -0.25) is 9.59 Å². The van der Waals surface area contributed by atoms with E-state index in [2.05, 4.69) is 10.6 Å². The molecule has 0 radical (unpaired) electrons. The Morgan fingerprint density at radius 2 is 2.00 bits per heavy atom. The number of halogens is 1. The van der Waals surface area contributed by atoms with Crippen LogP contribution in [0.1, 0.15) is 5.56 Å². The van der Waals surface area contributed by atoms with Gasteiger partial charge in [0.2, 0.25) is 5.91 Å². The van der Waals surface area contributed by atoms with E-state index in [1.165, 1.54) is 18.2 Å². The largest absolute Gasteiger partial charge is 0.482 e. The zero-order chi connectivity index (χ0) is 16.2. The fourth-order valence-electron chi connectivity index (χ4n) is 2.08. The molecule has 6 heteroatoms. The molecule has 0 aromatic heterocycles. The number of fused-ring (bicyclic) bond motifs is 1. The van der Waals surface area contributed by atoms with Crippen LogP contribution in [-0.2, 0) is 9.59 Å². The van der Waals surface area contributed by atoms with Crippen molar-refractivity contribution >= 4 is 29.3 Å². The van der Waals surface area contributed by atoms with Gasteiger partial charge in [-0.2, -0.15) is 0 Å². The lowest BCUT2D eigenvalue weighted by Crippen LogP contribution is -2.25. The molecule has 1 aliphatic rings. The van der Waals surface area contributed by atoms with Crippen LogP contribution < -0.4 is 15.4 Å². The summed E-state index contributed by atoms with van der Waals surface area (Å²) < 4.78 is 18.1. The third-order valence-corrected chi connectivity index (χ3v) is 3.18. The fraction of sp³-hybridized carbons (Fsp3) is 0.0588. The molecule has 2 aromatic carbocycles. The molecule has 5 nitrogen and oxygen atoms in total. The van der Waals surface area contributed by atoms with Crippen LogP contribution in [0.3, 0.4) is 0 Å².